The van der Waals surface area contributed by atoms with Gasteiger partial charge >= 0.3 is 6.36 Å². The lowest BCUT2D eigenvalue weighted by Crippen LogP contribution is -2.46. The molecule has 0 atom stereocenters. The van der Waals surface area contributed by atoms with Gasteiger partial charge in [-0.25, -0.2) is 4.98 Å². The van der Waals surface area contributed by atoms with Gasteiger partial charge in [-0.3, -0.25) is 4.79 Å². The molecule has 168 valence electrons. The number of ether oxygens (including phenoxy) is 1. The summed E-state index contributed by atoms with van der Waals surface area (Å²) in [6.07, 6.45) is -0.334. The van der Waals surface area contributed by atoms with Crippen molar-refractivity contribution in [3.63, 3.8) is 0 Å². The summed E-state index contributed by atoms with van der Waals surface area (Å²) in [7, 11) is 1.71. The van der Waals surface area contributed by atoms with E-state index in [1.165, 1.54) is 31.0 Å². The first-order valence-corrected chi connectivity index (χ1v) is 11.4. The highest BCUT2D eigenvalue weighted by molar-refractivity contribution is 14.1. The topological polar surface area (TPSA) is 50.6 Å². The summed E-state index contributed by atoms with van der Waals surface area (Å²) < 4.78 is 43.9. The zero-order chi connectivity index (χ0) is 22.2. The van der Waals surface area contributed by atoms with Gasteiger partial charge in [-0.15, -0.1) is 13.2 Å². The van der Waals surface area contributed by atoms with Crippen molar-refractivity contribution in [3.05, 3.63) is 33.7 Å². The number of piperidine rings is 1. The summed E-state index contributed by atoms with van der Waals surface area (Å²) in [5, 5.41) is 0. The van der Waals surface area contributed by atoms with Crippen LogP contribution < -0.4 is 4.74 Å². The Labute approximate surface area is 192 Å². The Morgan fingerprint density at radius 2 is 1.84 bits per heavy atom. The fourth-order valence-corrected chi connectivity index (χ4v) is 5.30. The van der Waals surface area contributed by atoms with Gasteiger partial charge in [0.15, 0.2) is 0 Å². The highest BCUT2D eigenvalue weighted by Gasteiger charge is 2.33. The Morgan fingerprint density at radius 3 is 2.48 bits per heavy atom. The smallest absolute Gasteiger partial charge is 0.406 e. The van der Waals surface area contributed by atoms with Crippen LogP contribution in [0.1, 0.15) is 36.2 Å². The summed E-state index contributed by atoms with van der Waals surface area (Å²) in [5.41, 5.74) is 0.909. The quantitative estimate of drug-likeness (QED) is 0.536. The van der Waals surface area contributed by atoms with Crippen LogP contribution in [0, 0.1) is 3.70 Å². The fraction of sp³-hybridized carbons (Fsp3) is 0.524. The van der Waals surface area contributed by atoms with Gasteiger partial charge in [0, 0.05) is 31.7 Å². The molecule has 1 aromatic carbocycles. The Morgan fingerprint density at radius 1 is 1.16 bits per heavy atom. The zero-order valence-corrected chi connectivity index (χ0v) is 19.3. The Hall–Kier alpha value is -1.82. The summed E-state index contributed by atoms with van der Waals surface area (Å²) in [6, 6.07) is 6.19. The summed E-state index contributed by atoms with van der Waals surface area (Å²) in [5.74, 6) is 0.0143. The van der Waals surface area contributed by atoms with E-state index in [4.69, 9.17) is 0 Å². The molecule has 1 amide bonds. The maximum atomic E-state index is 13.2. The molecule has 31 heavy (non-hydrogen) atoms. The van der Waals surface area contributed by atoms with Gasteiger partial charge in [0.2, 0.25) is 0 Å². The van der Waals surface area contributed by atoms with Crippen LogP contribution in [0.25, 0.3) is 11.4 Å². The van der Waals surface area contributed by atoms with Gasteiger partial charge in [-0.1, -0.05) is 12.1 Å². The van der Waals surface area contributed by atoms with Gasteiger partial charge in [-0.2, -0.15) is 0 Å². The van der Waals surface area contributed by atoms with Crippen LogP contribution in [0.5, 0.6) is 5.75 Å². The van der Waals surface area contributed by atoms with Crippen molar-refractivity contribution in [3.8, 4) is 17.1 Å². The molecule has 0 N–H and O–H groups in total. The first kappa shape index (κ1) is 22.4. The number of aromatic nitrogens is 2. The lowest BCUT2D eigenvalue weighted by atomic mass is 10.0. The van der Waals surface area contributed by atoms with Crippen molar-refractivity contribution in [2.24, 2.45) is 7.05 Å². The molecule has 2 aromatic rings. The van der Waals surface area contributed by atoms with Gasteiger partial charge in [0.25, 0.3) is 5.91 Å². The number of imidazole rings is 1. The molecule has 10 heteroatoms. The van der Waals surface area contributed by atoms with Crippen molar-refractivity contribution in [1.82, 2.24) is 19.4 Å². The van der Waals surface area contributed by atoms with E-state index >= 15 is 0 Å². The molecule has 3 heterocycles. The predicted molar refractivity (Wildman–Crippen MR) is 118 cm³/mol. The van der Waals surface area contributed by atoms with Crippen LogP contribution in [-0.4, -0.2) is 63.8 Å². The molecule has 2 aliphatic heterocycles. The van der Waals surface area contributed by atoms with Crippen LogP contribution in [0.4, 0.5) is 13.2 Å². The maximum Gasteiger partial charge on any atom is 0.573 e. The van der Waals surface area contributed by atoms with Crippen molar-refractivity contribution in [2.45, 2.75) is 38.1 Å². The van der Waals surface area contributed by atoms with Gasteiger partial charge < -0.3 is 19.1 Å². The van der Waals surface area contributed by atoms with Gasteiger partial charge in [0.1, 0.15) is 21.0 Å². The molecule has 0 bridgehead atoms. The highest BCUT2D eigenvalue weighted by Crippen LogP contribution is 2.30. The fourth-order valence-electron chi connectivity index (χ4n) is 4.48. The Kier molecular flexibility index (Phi) is 6.47. The average Bonchev–Trinajstić information content (AvgIpc) is 3.35. The molecule has 2 fully saturated rings. The molecule has 4 rings (SSSR count). The van der Waals surface area contributed by atoms with E-state index in [1.807, 2.05) is 27.5 Å². The van der Waals surface area contributed by atoms with E-state index in [1.54, 1.807) is 17.7 Å². The molecule has 0 aliphatic carbocycles. The standard InChI is InChI=1S/C21H24F3IN4O2/c1-27-17(20(30)29-11-7-15(8-12-29)28-9-2-3-10-28)18(25)26-19(27)14-5-4-6-16(13-14)31-21(22,23)24/h4-6,13,15H,2-3,7-12H2,1H3. The number of nitrogens with zero attached hydrogens (tertiary/aromatic N) is 4. The minimum atomic E-state index is -4.77. The number of hydrogen-bond acceptors (Lipinski definition) is 4. The summed E-state index contributed by atoms with van der Waals surface area (Å²) in [4.78, 5) is 22.1. The molecular weight excluding hydrogens is 524 g/mol. The van der Waals surface area contributed by atoms with E-state index in [9.17, 15) is 18.0 Å². The number of benzene rings is 1. The number of carbonyl (C=O) groups is 1. The number of alkyl halides is 3. The molecule has 2 saturated heterocycles. The molecule has 0 radical (unpaired) electrons. The molecular formula is C21H24F3IN4O2. The minimum absolute atomic E-state index is 0.0896. The molecule has 0 spiro atoms. The van der Waals surface area contributed by atoms with Crippen LogP contribution in [0.2, 0.25) is 0 Å². The molecule has 1 aromatic heterocycles. The van der Waals surface area contributed by atoms with E-state index in [0.29, 0.717) is 39.9 Å². The highest BCUT2D eigenvalue weighted by atomic mass is 127. The number of rotatable bonds is 4. The molecule has 6 nitrogen and oxygen atoms in total. The van der Waals surface area contributed by atoms with Crippen molar-refractivity contribution >= 4 is 28.5 Å². The van der Waals surface area contributed by atoms with Crippen molar-refractivity contribution < 1.29 is 22.7 Å². The second kappa shape index (κ2) is 8.97. The Balaban J connectivity index is 1.51. The Bertz CT molecular complexity index is 949. The van der Waals surface area contributed by atoms with E-state index in [0.717, 1.165) is 25.9 Å². The zero-order valence-electron chi connectivity index (χ0n) is 17.2. The second-order valence-corrected chi connectivity index (χ2v) is 9.00. The predicted octanol–water partition coefficient (Wildman–Crippen LogP) is 4.29. The van der Waals surface area contributed by atoms with Crippen molar-refractivity contribution in [1.29, 1.82) is 0 Å². The first-order chi connectivity index (χ1) is 14.7. The molecule has 0 saturated carbocycles. The van der Waals surface area contributed by atoms with Crippen LogP contribution >= 0.6 is 22.6 Å². The van der Waals surface area contributed by atoms with Crippen molar-refractivity contribution in [2.75, 3.05) is 26.2 Å². The average molecular weight is 548 g/mol. The number of amides is 1. The lowest BCUT2D eigenvalue weighted by molar-refractivity contribution is -0.274. The van der Waals surface area contributed by atoms with E-state index in [-0.39, 0.29) is 11.7 Å². The molecule has 2 aliphatic rings. The number of hydrogen-bond donors (Lipinski definition) is 0. The summed E-state index contributed by atoms with van der Waals surface area (Å²) >= 11 is 2.01. The van der Waals surface area contributed by atoms with E-state index < -0.39 is 6.36 Å². The number of halogens is 4. The van der Waals surface area contributed by atoms with Crippen LogP contribution in [-0.2, 0) is 7.05 Å². The van der Waals surface area contributed by atoms with Crippen LogP contribution in [0.3, 0.4) is 0 Å². The normalized spacial score (nSPS) is 18.5. The summed E-state index contributed by atoms with van der Waals surface area (Å²) in [6.45, 7) is 3.70. The maximum absolute atomic E-state index is 13.2. The van der Waals surface area contributed by atoms with Gasteiger partial charge in [-0.05, 0) is 73.5 Å². The third kappa shape index (κ3) is 5.00. The number of carbonyl (C=O) groups excluding carboxylic acids is 1. The number of likely N-dealkylation sites (tertiary alicyclic amines) is 2. The van der Waals surface area contributed by atoms with E-state index in [2.05, 4.69) is 14.6 Å². The SMILES string of the molecule is Cn1c(-c2cccc(OC(F)(F)F)c2)nc(I)c1C(=O)N1CCC(N2CCCC2)CC1. The van der Waals surface area contributed by atoms with Gasteiger partial charge in [0.05, 0.1) is 0 Å². The second-order valence-electron chi connectivity index (χ2n) is 7.98. The monoisotopic (exact) mass is 548 g/mol. The third-order valence-corrected chi connectivity index (χ3v) is 6.74. The van der Waals surface area contributed by atoms with Crippen LogP contribution in [0.15, 0.2) is 24.3 Å². The largest absolute Gasteiger partial charge is 0.573 e. The third-order valence-electron chi connectivity index (χ3n) is 5.99. The minimum Gasteiger partial charge on any atom is -0.406 e. The molecule has 0 unspecified atom stereocenters. The lowest BCUT2D eigenvalue weighted by Gasteiger charge is -2.36. The first-order valence-electron chi connectivity index (χ1n) is 10.3.